The summed E-state index contributed by atoms with van der Waals surface area (Å²) in [5, 5.41) is 21.6. The number of hydrogen-bond donors (Lipinski definition) is 4. The van der Waals surface area contributed by atoms with E-state index in [9.17, 15) is 29.4 Å². The van der Waals surface area contributed by atoms with Gasteiger partial charge in [-0.1, -0.05) is 12.1 Å². The molecule has 0 aliphatic carbocycles. The topological polar surface area (TPSA) is 153 Å². The fraction of sp³-hybridized carbons (Fsp3) is 0.545. The van der Waals surface area contributed by atoms with Crippen LogP contribution in [0.15, 0.2) is 24.3 Å². The van der Waals surface area contributed by atoms with Gasteiger partial charge in [0.2, 0.25) is 17.7 Å². The summed E-state index contributed by atoms with van der Waals surface area (Å²) in [5.74, 6) is -2.22. The van der Waals surface area contributed by atoms with Gasteiger partial charge in [0, 0.05) is 19.5 Å². The molecule has 1 aromatic carbocycles. The van der Waals surface area contributed by atoms with Crippen molar-refractivity contribution in [1.82, 2.24) is 15.1 Å². The summed E-state index contributed by atoms with van der Waals surface area (Å²) in [6, 6.07) is 2.91. The Bertz CT molecular complexity index is 872. The molecule has 32 heavy (non-hydrogen) atoms. The summed E-state index contributed by atoms with van der Waals surface area (Å²) >= 11 is 0. The fourth-order valence-corrected chi connectivity index (χ4v) is 4.34. The molecule has 0 aromatic heterocycles. The third-order valence-electron chi connectivity index (χ3n) is 6.05. The average molecular weight is 447 g/mol. The molecule has 10 nitrogen and oxygen atoms in total. The molecule has 0 spiro atoms. The minimum atomic E-state index is -1.04. The first-order valence-electron chi connectivity index (χ1n) is 10.9. The molecule has 10 heteroatoms. The highest BCUT2D eigenvalue weighted by atomic mass is 16.4. The number of nitrogens with zero attached hydrogens (tertiary/aromatic N) is 2. The van der Waals surface area contributed by atoms with Crippen molar-refractivity contribution in [1.29, 1.82) is 0 Å². The van der Waals surface area contributed by atoms with E-state index >= 15 is 0 Å². The number of carbonyl (C=O) groups is 4. The van der Waals surface area contributed by atoms with Gasteiger partial charge in [-0.25, -0.2) is 4.79 Å². The molecule has 2 aliphatic rings. The van der Waals surface area contributed by atoms with Crippen molar-refractivity contribution in [3.05, 3.63) is 29.8 Å². The van der Waals surface area contributed by atoms with Gasteiger partial charge < -0.3 is 31.1 Å². The zero-order chi connectivity index (χ0) is 23.4. The fourth-order valence-electron chi connectivity index (χ4n) is 4.34. The van der Waals surface area contributed by atoms with Crippen LogP contribution >= 0.6 is 0 Å². The Labute approximate surface area is 186 Å². The molecule has 2 saturated heterocycles. The lowest BCUT2D eigenvalue weighted by Crippen LogP contribution is -2.57. The molecule has 2 heterocycles. The number of nitrogens with two attached hydrogens (primary N) is 1. The highest BCUT2D eigenvalue weighted by Gasteiger charge is 2.43. The number of amides is 3. The summed E-state index contributed by atoms with van der Waals surface area (Å²) in [4.78, 5) is 53.2. The molecule has 5 N–H and O–H groups in total. The van der Waals surface area contributed by atoms with Gasteiger partial charge in [-0.2, -0.15) is 0 Å². The smallest absolute Gasteiger partial charge is 0.326 e. The Morgan fingerprint density at radius 2 is 1.66 bits per heavy atom. The highest BCUT2D eigenvalue weighted by molar-refractivity contribution is 5.94. The standard InChI is InChI=1S/C22H30N4O6/c1-13(23)19(28)24-16(12-14-6-8-15(27)9-7-14)20(29)25-10-2-4-17(25)21(30)26-11-3-5-18(26)22(31)32/h6-9,13,16-18,27H,2-5,10-12,23H2,1H3,(H,24,28)(H,31,32). The number of carboxylic acid groups (broad SMARTS) is 1. The minimum absolute atomic E-state index is 0.0834. The summed E-state index contributed by atoms with van der Waals surface area (Å²) in [5.41, 5.74) is 6.39. The summed E-state index contributed by atoms with van der Waals surface area (Å²) in [6.07, 6.45) is 2.23. The monoisotopic (exact) mass is 446 g/mol. The van der Waals surface area contributed by atoms with Gasteiger partial charge in [0.15, 0.2) is 0 Å². The normalized spacial score (nSPS) is 22.4. The molecule has 0 bridgehead atoms. The molecule has 174 valence electrons. The number of hydrogen-bond acceptors (Lipinski definition) is 6. The first-order valence-corrected chi connectivity index (χ1v) is 10.9. The van der Waals surface area contributed by atoms with Crippen LogP contribution < -0.4 is 11.1 Å². The predicted octanol–water partition coefficient (Wildman–Crippen LogP) is -0.167. The van der Waals surface area contributed by atoms with E-state index in [2.05, 4.69) is 5.32 Å². The van der Waals surface area contributed by atoms with Crippen LogP contribution in [-0.2, 0) is 25.6 Å². The van der Waals surface area contributed by atoms with Crippen molar-refractivity contribution in [2.45, 2.75) is 63.2 Å². The Kier molecular flexibility index (Phi) is 7.34. The van der Waals surface area contributed by atoms with Crippen molar-refractivity contribution in [2.75, 3.05) is 13.1 Å². The van der Waals surface area contributed by atoms with E-state index in [4.69, 9.17) is 5.73 Å². The number of aliphatic carboxylic acids is 1. The summed E-state index contributed by atoms with van der Waals surface area (Å²) in [7, 11) is 0. The van der Waals surface area contributed by atoms with E-state index in [0.29, 0.717) is 38.8 Å². The Morgan fingerprint density at radius 3 is 2.25 bits per heavy atom. The molecule has 4 atom stereocenters. The van der Waals surface area contributed by atoms with E-state index < -0.39 is 42.0 Å². The van der Waals surface area contributed by atoms with Gasteiger partial charge in [-0.15, -0.1) is 0 Å². The number of phenolic OH excluding ortho intramolecular Hbond substituents is 1. The number of likely N-dealkylation sites (tertiary alicyclic amines) is 2. The second-order valence-corrected chi connectivity index (χ2v) is 8.44. The molecule has 3 rings (SSSR count). The maximum Gasteiger partial charge on any atom is 0.326 e. The molecule has 4 unspecified atom stereocenters. The predicted molar refractivity (Wildman–Crippen MR) is 114 cm³/mol. The van der Waals surface area contributed by atoms with Crippen molar-refractivity contribution >= 4 is 23.7 Å². The Morgan fingerprint density at radius 1 is 1.06 bits per heavy atom. The molecule has 2 aliphatic heterocycles. The van der Waals surface area contributed by atoms with Gasteiger partial charge in [0.05, 0.1) is 6.04 Å². The van der Waals surface area contributed by atoms with Crippen LogP contribution in [0.3, 0.4) is 0 Å². The van der Waals surface area contributed by atoms with Gasteiger partial charge >= 0.3 is 5.97 Å². The van der Waals surface area contributed by atoms with E-state index in [1.54, 1.807) is 12.1 Å². The number of aromatic hydroxyl groups is 1. The van der Waals surface area contributed by atoms with Gasteiger partial charge in [-0.3, -0.25) is 14.4 Å². The van der Waals surface area contributed by atoms with Gasteiger partial charge in [0.25, 0.3) is 0 Å². The molecule has 2 fully saturated rings. The second kappa shape index (κ2) is 9.99. The molecule has 0 saturated carbocycles. The molecule has 1 aromatic rings. The SMILES string of the molecule is CC(N)C(=O)NC(Cc1ccc(O)cc1)C(=O)N1CCCC1C(=O)N1CCCC1C(=O)O. The van der Waals surface area contributed by atoms with Crippen LogP contribution in [0.5, 0.6) is 5.75 Å². The minimum Gasteiger partial charge on any atom is -0.508 e. The van der Waals surface area contributed by atoms with Crippen molar-refractivity contribution in [2.24, 2.45) is 5.73 Å². The van der Waals surface area contributed by atoms with Crippen LogP contribution in [0.1, 0.15) is 38.2 Å². The number of nitrogens with one attached hydrogen (secondary N) is 1. The van der Waals surface area contributed by atoms with Crippen LogP contribution in [0.2, 0.25) is 0 Å². The van der Waals surface area contributed by atoms with E-state index in [1.165, 1.54) is 28.9 Å². The van der Waals surface area contributed by atoms with Crippen molar-refractivity contribution < 1.29 is 29.4 Å². The van der Waals surface area contributed by atoms with Crippen LogP contribution in [0.4, 0.5) is 0 Å². The van der Waals surface area contributed by atoms with E-state index in [1.807, 2.05) is 0 Å². The lowest BCUT2D eigenvalue weighted by Gasteiger charge is -2.32. The quantitative estimate of drug-likeness (QED) is 0.454. The second-order valence-electron chi connectivity index (χ2n) is 8.44. The largest absolute Gasteiger partial charge is 0.508 e. The molecular formula is C22H30N4O6. The number of benzene rings is 1. The Hall–Kier alpha value is -3.14. The third kappa shape index (κ3) is 5.18. The number of phenols is 1. The van der Waals surface area contributed by atoms with Crippen LogP contribution in [0, 0.1) is 0 Å². The van der Waals surface area contributed by atoms with Crippen LogP contribution in [0.25, 0.3) is 0 Å². The number of carbonyl (C=O) groups excluding carboxylic acids is 3. The zero-order valence-electron chi connectivity index (χ0n) is 18.1. The molecule has 0 radical (unpaired) electrons. The first-order chi connectivity index (χ1) is 15.2. The molecule has 3 amide bonds. The Balaban J connectivity index is 1.80. The lowest BCUT2D eigenvalue weighted by molar-refractivity contribution is -0.152. The first kappa shape index (κ1) is 23.5. The van der Waals surface area contributed by atoms with Gasteiger partial charge in [-0.05, 0) is 50.3 Å². The summed E-state index contributed by atoms with van der Waals surface area (Å²) < 4.78 is 0. The van der Waals surface area contributed by atoms with E-state index in [-0.39, 0.29) is 18.1 Å². The maximum atomic E-state index is 13.5. The van der Waals surface area contributed by atoms with E-state index in [0.717, 1.165) is 5.56 Å². The molecular weight excluding hydrogens is 416 g/mol. The summed E-state index contributed by atoms with van der Waals surface area (Å²) in [6.45, 7) is 2.21. The third-order valence-corrected chi connectivity index (χ3v) is 6.05. The number of carboxylic acids is 1. The lowest BCUT2D eigenvalue weighted by atomic mass is 10.0. The van der Waals surface area contributed by atoms with Gasteiger partial charge in [0.1, 0.15) is 23.9 Å². The number of rotatable bonds is 7. The van der Waals surface area contributed by atoms with Crippen LogP contribution in [-0.4, -0.2) is 81.0 Å². The van der Waals surface area contributed by atoms with Crippen molar-refractivity contribution in [3.8, 4) is 5.75 Å². The maximum absolute atomic E-state index is 13.5. The average Bonchev–Trinajstić information content (AvgIpc) is 3.43. The highest BCUT2D eigenvalue weighted by Crippen LogP contribution is 2.26. The zero-order valence-corrected chi connectivity index (χ0v) is 18.1. The van der Waals surface area contributed by atoms with Crippen molar-refractivity contribution in [3.63, 3.8) is 0 Å².